The average Bonchev–Trinajstić information content (AvgIpc) is 3.20. The molecular formula is C13H12BrN3OS2. The third-order valence-electron chi connectivity index (χ3n) is 2.86. The number of rotatable bonds is 5. The van der Waals surface area contributed by atoms with Gasteiger partial charge in [0.25, 0.3) is 0 Å². The number of amides is 1. The van der Waals surface area contributed by atoms with Gasteiger partial charge in [-0.3, -0.25) is 4.79 Å². The summed E-state index contributed by atoms with van der Waals surface area (Å²) in [5.74, 6) is 1.11. The summed E-state index contributed by atoms with van der Waals surface area (Å²) in [5.41, 5.74) is 1.23. The number of nitrogens with zero attached hydrogens (tertiary/aromatic N) is 2. The number of benzene rings is 1. The van der Waals surface area contributed by atoms with Crippen LogP contribution < -0.4 is 5.32 Å². The van der Waals surface area contributed by atoms with Crippen molar-refractivity contribution in [3.05, 3.63) is 34.3 Å². The standard InChI is InChI=1S/C13H12BrN3OS2/c14-10-5-1-8(2-6-10)7-19-13-17-16-12(20-13)15-11(18)9-3-4-9/h1-2,5-6,9H,3-4,7H2,(H,15,16,18). The zero-order valence-corrected chi connectivity index (χ0v) is 13.7. The van der Waals surface area contributed by atoms with Gasteiger partial charge in [0.2, 0.25) is 11.0 Å². The lowest BCUT2D eigenvalue weighted by molar-refractivity contribution is -0.117. The highest BCUT2D eigenvalue weighted by molar-refractivity contribution is 9.10. The summed E-state index contributed by atoms with van der Waals surface area (Å²) >= 11 is 6.48. The quantitative estimate of drug-likeness (QED) is 0.640. The van der Waals surface area contributed by atoms with Crippen molar-refractivity contribution in [2.24, 2.45) is 5.92 Å². The Bertz CT molecular complexity index is 610. The minimum Gasteiger partial charge on any atom is -0.300 e. The molecule has 1 aromatic heterocycles. The fraction of sp³-hybridized carbons (Fsp3) is 0.308. The molecule has 1 amide bonds. The van der Waals surface area contributed by atoms with Crippen LogP contribution in [-0.4, -0.2) is 16.1 Å². The number of carbonyl (C=O) groups is 1. The molecule has 1 aliphatic rings. The molecule has 104 valence electrons. The van der Waals surface area contributed by atoms with Crippen LogP contribution in [-0.2, 0) is 10.5 Å². The Morgan fingerprint density at radius 1 is 1.35 bits per heavy atom. The molecule has 3 rings (SSSR count). The first kappa shape index (κ1) is 14.0. The molecule has 1 aliphatic carbocycles. The van der Waals surface area contributed by atoms with Crippen LogP contribution in [0.5, 0.6) is 0 Å². The molecule has 7 heteroatoms. The highest BCUT2D eigenvalue weighted by atomic mass is 79.9. The van der Waals surface area contributed by atoms with E-state index in [4.69, 9.17) is 0 Å². The predicted octanol–water partition coefficient (Wildman–Crippen LogP) is 3.94. The Morgan fingerprint density at radius 2 is 2.10 bits per heavy atom. The summed E-state index contributed by atoms with van der Waals surface area (Å²) in [6.45, 7) is 0. The van der Waals surface area contributed by atoms with Gasteiger partial charge >= 0.3 is 0 Å². The third kappa shape index (κ3) is 3.80. The normalized spacial score (nSPS) is 14.2. The van der Waals surface area contributed by atoms with Crippen molar-refractivity contribution in [3.8, 4) is 0 Å². The number of anilines is 1. The van der Waals surface area contributed by atoms with Gasteiger partial charge in [-0.25, -0.2) is 0 Å². The molecule has 0 atom stereocenters. The molecule has 0 spiro atoms. The van der Waals surface area contributed by atoms with Crippen molar-refractivity contribution in [2.45, 2.75) is 22.9 Å². The molecule has 0 saturated heterocycles. The number of hydrogen-bond donors (Lipinski definition) is 1. The van der Waals surface area contributed by atoms with E-state index in [9.17, 15) is 4.79 Å². The summed E-state index contributed by atoms with van der Waals surface area (Å²) in [5, 5.41) is 11.5. The Hall–Kier alpha value is -0.920. The van der Waals surface area contributed by atoms with Gasteiger partial charge in [0, 0.05) is 16.1 Å². The van der Waals surface area contributed by atoms with Crippen LogP contribution in [0.15, 0.2) is 33.1 Å². The van der Waals surface area contributed by atoms with E-state index in [0.29, 0.717) is 5.13 Å². The van der Waals surface area contributed by atoms with Crippen molar-refractivity contribution >= 4 is 50.1 Å². The lowest BCUT2D eigenvalue weighted by atomic mass is 10.2. The largest absolute Gasteiger partial charge is 0.300 e. The highest BCUT2D eigenvalue weighted by Crippen LogP contribution is 2.32. The monoisotopic (exact) mass is 369 g/mol. The maximum absolute atomic E-state index is 11.6. The zero-order chi connectivity index (χ0) is 13.9. The van der Waals surface area contributed by atoms with Gasteiger partial charge in [0.15, 0.2) is 4.34 Å². The van der Waals surface area contributed by atoms with E-state index in [1.165, 1.54) is 16.9 Å². The summed E-state index contributed by atoms with van der Waals surface area (Å²) in [6.07, 6.45) is 1.99. The summed E-state index contributed by atoms with van der Waals surface area (Å²) < 4.78 is 1.95. The Kier molecular flexibility index (Phi) is 4.38. The van der Waals surface area contributed by atoms with Crippen molar-refractivity contribution in [1.82, 2.24) is 10.2 Å². The summed E-state index contributed by atoms with van der Waals surface area (Å²) in [4.78, 5) is 11.6. The first-order chi connectivity index (χ1) is 9.70. The van der Waals surface area contributed by atoms with E-state index in [2.05, 4.69) is 43.6 Å². The van der Waals surface area contributed by atoms with E-state index < -0.39 is 0 Å². The smallest absolute Gasteiger partial charge is 0.229 e. The molecular weight excluding hydrogens is 358 g/mol. The average molecular weight is 370 g/mol. The summed E-state index contributed by atoms with van der Waals surface area (Å²) in [6, 6.07) is 8.20. The number of hydrogen-bond acceptors (Lipinski definition) is 5. The SMILES string of the molecule is O=C(Nc1nnc(SCc2ccc(Br)cc2)s1)C1CC1. The molecule has 20 heavy (non-hydrogen) atoms. The topological polar surface area (TPSA) is 54.9 Å². The van der Waals surface area contributed by atoms with E-state index in [1.807, 2.05) is 12.1 Å². The number of nitrogens with one attached hydrogen (secondary N) is 1. The van der Waals surface area contributed by atoms with Gasteiger partial charge in [0.05, 0.1) is 0 Å². The molecule has 1 aromatic carbocycles. The first-order valence-corrected chi connectivity index (χ1v) is 8.82. The maximum Gasteiger partial charge on any atom is 0.229 e. The maximum atomic E-state index is 11.6. The van der Waals surface area contributed by atoms with Crippen molar-refractivity contribution in [2.75, 3.05) is 5.32 Å². The van der Waals surface area contributed by atoms with Crippen molar-refractivity contribution in [1.29, 1.82) is 0 Å². The Balaban J connectivity index is 1.54. The van der Waals surface area contributed by atoms with E-state index in [-0.39, 0.29) is 11.8 Å². The van der Waals surface area contributed by atoms with Gasteiger partial charge < -0.3 is 5.32 Å². The van der Waals surface area contributed by atoms with Crippen LogP contribution in [0, 0.1) is 5.92 Å². The third-order valence-corrected chi connectivity index (χ3v) is 5.43. The van der Waals surface area contributed by atoms with Gasteiger partial charge in [-0.05, 0) is 30.5 Å². The molecule has 1 N–H and O–H groups in total. The van der Waals surface area contributed by atoms with Crippen LogP contribution in [0.1, 0.15) is 18.4 Å². The van der Waals surface area contributed by atoms with Gasteiger partial charge in [0.1, 0.15) is 0 Å². The van der Waals surface area contributed by atoms with E-state index >= 15 is 0 Å². The zero-order valence-electron chi connectivity index (χ0n) is 10.5. The van der Waals surface area contributed by atoms with E-state index in [1.54, 1.807) is 11.8 Å². The van der Waals surface area contributed by atoms with Gasteiger partial charge in [-0.1, -0.05) is 51.2 Å². The second-order valence-corrected chi connectivity index (χ2v) is 7.67. The highest BCUT2D eigenvalue weighted by Gasteiger charge is 2.30. The molecule has 0 radical (unpaired) electrons. The van der Waals surface area contributed by atoms with Gasteiger partial charge in [-0.15, -0.1) is 10.2 Å². The second-order valence-electron chi connectivity index (χ2n) is 4.55. The van der Waals surface area contributed by atoms with Crippen molar-refractivity contribution in [3.63, 3.8) is 0 Å². The van der Waals surface area contributed by atoms with Crippen LogP contribution in [0.4, 0.5) is 5.13 Å². The molecule has 4 nitrogen and oxygen atoms in total. The molecule has 0 aliphatic heterocycles. The number of aromatic nitrogens is 2. The van der Waals surface area contributed by atoms with Gasteiger partial charge in [-0.2, -0.15) is 0 Å². The number of thioether (sulfide) groups is 1. The Labute approximate surface area is 133 Å². The number of carbonyl (C=O) groups excluding carboxylic acids is 1. The molecule has 2 aromatic rings. The van der Waals surface area contributed by atoms with Crippen molar-refractivity contribution < 1.29 is 4.79 Å². The second kappa shape index (κ2) is 6.24. The molecule has 1 saturated carbocycles. The van der Waals surface area contributed by atoms with Crippen LogP contribution in [0.2, 0.25) is 0 Å². The Morgan fingerprint density at radius 3 is 2.80 bits per heavy atom. The first-order valence-electron chi connectivity index (χ1n) is 6.22. The van der Waals surface area contributed by atoms with Crippen LogP contribution in [0.3, 0.4) is 0 Å². The summed E-state index contributed by atoms with van der Waals surface area (Å²) in [7, 11) is 0. The fourth-order valence-corrected chi connectivity index (χ4v) is 3.57. The van der Waals surface area contributed by atoms with Crippen LogP contribution >= 0.6 is 39.0 Å². The minimum absolute atomic E-state index is 0.0746. The van der Waals surface area contributed by atoms with Crippen LogP contribution in [0.25, 0.3) is 0 Å². The predicted molar refractivity (Wildman–Crippen MR) is 85.0 cm³/mol. The van der Waals surface area contributed by atoms with E-state index in [0.717, 1.165) is 27.4 Å². The number of halogens is 1. The lowest BCUT2D eigenvalue weighted by Crippen LogP contribution is -2.12. The molecule has 0 bridgehead atoms. The molecule has 1 fully saturated rings. The minimum atomic E-state index is 0.0746. The fourth-order valence-electron chi connectivity index (χ4n) is 1.60. The lowest BCUT2D eigenvalue weighted by Gasteiger charge is -1.98. The molecule has 1 heterocycles. The molecule has 0 unspecified atom stereocenters.